The van der Waals surface area contributed by atoms with Crippen LogP contribution in [0.5, 0.6) is 0 Å². The molecular weight excluding hydrogens is 338 g/mol. The predicted octanol–water partition coefficient (Wildman–Crippen LogP) is 2.85. The first-order valence-corrected chi connectivity index (χ1v) is 9.45. The van der Waals surface area contributed by atoms with Crippen molar-refractivity contribution in [3.05, 3.63) is 47.2 Å². The van der Waals surface area contributed by atoms with Crippen molar-refractivity contribution in [2.24, 2.45) is 0 Å². The summed E-state index contributed by atoms with van der Waals surface area (Å²) in [7, 11) is 0. The molecular formula is C18H21N3O3S. The molecule has 0 bridgehead atoms. The van der Waals surface area contributed by atoms with Gasteiger partial charge < -0.3 is 15.2 Å². The molecule has 0 radical (unpaired) electrons. The molecule has 3 rings (SSSR count). The van der Waals surface area contributed by atoms with Gasteiger partial charge in [0, 0.05) is 6.07 Å². The third-order valence-corrected chi connectivity index (χ3v) is 5.00. The van der Waals surface area contributed by atoms with Gasteiger partial charge >= 0.3 is 0 Å². The van der Waals surface area contributed by atoms with Gasteiger partial charge in [-0.05, 0) is 37.3 Å². The topological polar surface area (TPSA) is 84.2 Å². The number of rotatable bonds is 6. The molecule has 25 heavy (non-hydrogen) atoms. The maximum atomic E-state index is 12.2. The molecule has 1 heterocycles. The Morgan fingerprint density at radius 3 is 2.88 bits per heavy atom. The van der Waals surface area contributed by atoms with Gasteiger partial charge in [-0.25, -0.2) is 0 Å². The van der Waals surface area contributed by atoms with E-state index in [0.717, 1.165) is 19.3 Å². The average Bonchev–Trinajstić information content (AvgIpc) is 3.00. The highest BCUT2D eigenvalue weighted by atomic mass is 32.2. The fourth-order valence-corrected chi connectivity index (χ4v) is 3.61. The second-order valence-electron chi connectivity index (χ2n) is 6.07. The van der Waals surface area contributed by atoms with Gasteiger partial charge in [0.1, 0.15) is 5.76 Å². The number of aromatic nitrogens is 1. The molecule has 0 saturated heterocycles. The number of fused-ring (bicyclic) bond motifs is 1. The van der Waals surface area contributed by atoms with Crippen molar-refractivity contribution in [1.82, 2.24) is 10.5 Å². The number of carbonyl (C=O) groups is 2. The fraction of sp³-hybridized carbons (Fsp3) is 0.389. The van der Waals surface area contributed by atoms with Gasteiger partial charge in [0.15, 0.2) is 5.82 Å². The molecule has 0 spiro atoms. The Labute approximate surface area is 150 Å². The molecule has 2 N–H and O–H groups in total. The van der Waals surface area contributed by atoms with Crippen LogP contribution in [-0.2, 0) is 16.0 Å². The third-order valence-electron chi connectivity index (χ3n) is 4.07. The van der Waals surface area contributed by atoms with Gasteiger partial charge in [0.05, 0.1) is 17.5 Å². The highest BCUT2D eigenvalue weighted by Gasteiger charge is 2.21. The van der Waals surface area contributed by atoms with Crippen LogP contribution < -0.4 is 10.6 Å². The number of thioether (sulfide) groups is 1. The Balaban J connectivity index is 1.42. The summed E-state index contributed by atoms with van der Waals surface area (Å²) in [5.41, 5.74) is 2.53. The van der Waals surface area contributed by atoms with Crippen LogP contribution in [0.4, 0.5) is 5.82 Å². The molecule has 0 fully saturated rings. The number of anilines is 1. The van der Waals surface area contributed by atoms with Gasteiger partial charge in [-0.2, -0.15) is 0 Å². The lowest BCUT2D eigenvalue weighted by atomic mass is 9.88. The molecule has 0 saturated carbocycles. The first-order chi connectivity index (χ1) is 12.1. The van der Waals surface area contributed by atoms with Crippen molar-refractivity contribution < 1.29 is 14.1 Å². The van der Waals surface area contributed by atoms with E-state index in [2.05, 4.69) is 27.9 Å². The number of carbonyl (C=O) groups excluding carboxylic acids is 2. The molecule has 2 aromatic rings. The van der Waals surface area contributed by atoms with Crippen LogP contribution in [0.3, 0.4) is 0 Å². The lowest BCUT2D eigenvalue weighted by Crippen LogP contribution is -2.32. The summed E-state index contributed by atoms with van der Waals surface area (Å²) >= 11 is 1.28. The molecule has 7 heteroatoms. The minimum absolute atomic E-state index is 0.0446. The maximum Gasteiger partial charge on any atom is 0.235 e. The summed E-state index contributed by atoms with van der Waals surface area (Å²) < 4.78 is 4.89. The monoisotopic (exact) mass is 359 g/mol. The van der Waals surface area contributed by atoms with Crippen molar-refractivity contribution in [3.63, 3.8) is 0 Å². The van der Waals surface area contributed by atoms with E-state index in [-0.39, 0.29) is 29.4 Å². The number of aryl methyl sites for hydroxylation is 2. The minimum Gasteiger partial charge on any atom is -0.360 e. The van der Waals surface area contributed by atoms with Crippen LogP contribution in [-0.4, -0.2) is 28.5 Å². The van der Waals surface area contributed by atoms with Crippen LogP contribution in [0.15, 0.2) is 34.9 Å². The number of hydrogen-bond acceptors (Lipinski definition) is 5. The summed E-state index contributed by atoms with van der Waals surface area (Å²) in [5.74, 6) is 1.23. The van der Waals surface area contributed by atoms with E-state index in [0.29, 0.717) is 11.6 Å². The van der Waals surface area contributed by atoms with Crippen molar-refractivity contribution in [1.29, 1.82) is 0 Å². The van der Waals surface area contributed by atoms with Crippen molar-refractivity contribution in [2.45, 2.75) is 32.2 Å². The van der Waals surface area contributed by atoms with Crippen LogP contribution in [0.25, 0.3) is 0 Å². The lowest BCUT2D eigenvalue weighted by Gasteiger charge is -2.26. The van der Waals surface area contributed by atoms with Crippen LogP contribution in [0.1, 0.15) is 35.8 Å². The van der Waals surface area contributed by atoms with Gasteiger partial charge in [-0.3, -0.25) is 9.59 Å². The average molecular weight is 359 g/mol. The number of nitrogens with one attached hydrogen (secondary N) is 2. The van der Waals surface area contributed by atoms with E-state index in [1.165, 1.54) is 22.9 Å². The Morgan fingerprint density at radius 1 is 1.28 bits per heavy atom. The minimum atomic E-state index is -0.200. The molecule has 1 atom stereocenters. The lowest BCUT2D eigenvalue weighted by molar-refractivity contribution is -0.119. The van der Waals surface area contributed by atoms with Crippen molar-refractivity contribution in [3.8, 4) is 0 Å². The van der Waals surface area contributed by atoms with Crippen LogP contribution >= 0.6 is 11.8 Å². The number of hydrogen-bond donors (Lipinski definition) is 2. The maximum absolute atomic E-state index is 12.2. The summed E-state index contributed by atoms with van der Waals surface area (Å²) in [6, 6.07) is 9.97. The Hall–Kier alpha value is -2.28. The second-order valence-corrected chi connectivity index (χ2v) is 7.06. The molecule has 0 aliphatic heterocycles. The van der Waals surface area contributed by atoms with Gasteiger partial charge in [0.25, 0.3) is 0 Å². The zero-order valence-corrected chi connectivity index (χ0v) is 14.9. The molecule has 1 aromatic heterocycles. The summed E-state index contributed by atoms with van der Waals surface area (Å²) in [6.45, 7) is 1.76. The predicted molar refractivity (Wildman–Crippen MR) is 97.5 cm³/mol. The zero-order chi connectivity index (χ0) is 17.6. The quantitative estimate of drug-likeness (QED) is 0.828. The number of amides is 2. The molecule has 1 aliphatic carbocycles. The Morgan fingerprint density at radius 2 is 2.08 bits per heavy atom. The zero-order valence-electron chi connectivity index (χ0n) is 14.1. The van der Waals surface area contributed by atoms with Gasteiger partial charge in [0.2, 0.25) is 11.8 Å². The van der Waals surface area contributed by atoms with E-state index in [9.17, 15) is 9.59 Å². The Bertz CT molecular complexity index is 760. The van der Waals surface area contributed by atoms with E-state index < -0.39 is 0 Å². The largest absolute Gasteiger partial charge is 0.360 e. The van der Waals surface area contributed by atoms with E-state index in [4.69, 9.17) is 4.52 Å². The first-order valence-electron chi connectivity index (χ1n) is 8.30. The summed E-state index contributed by atoms with van der Waals surface area (Å²) in [5, 5.41) is 9.42. The first kappa shape index (κ1) is 17.5. The van der Waals surface area contributed by atoms with Crippen molar-refractivity contribution >= 4 is 29.4 Å². The molecule has 1 aliphatic rings. The van der Waals surface area contributed by atoms with Crippen molar-refractivity contribution in [2.75, 3.05) is 16.8 Å². The SMILES string of the molecule is Cc1cc(NC(=O)CSCC(=O)N[C@@H]2CCCc3ccccc32)no1. The molecule has 6 nitrogen and oxygen atoms in total. The van der Waals surface area contributed by atoms with E-state index in [1.54, 1.807) is 13.0 Å². The smallest absolute Gasteiger partial charge is 0.235 e. The normalized spacial score (nSPS) is 16.1. The van der Waals surface area contributed by atoms with E-state index >= 15 is 0 Å². The van der Waals surface area contributed by atoms with Crippen LogP contribution in [0, 0.1) is 6.92 Å². The second kappa shape index (κ2) is 8.20. The van der Waals surface area contributed by atoms with Gasteiger partial charge in [-0.1, -0.05) is 29.4 Å². The molecule has 0 unspecified atom stereocenters. The third kappa shape index (κ3) is 4.85. The summed E-state index contributed by atoms with van der Waals surface area (Å²) in [6.07, 6.45) is 3.10. The molecule has 2 amide bonds. The highest BCUT2D eigenvalue weighted by Crippen LogP contribution is 2.29. The highest BCUT2D eigenvalue weighted by molar-refractivity contribution is 8.00. The fourth-order valence-electron chi connectivity index (χ4n) is 2.98. The molecule has 132 valence electrons. The Kier molecular flexibility index (Phi) is 5.75. The number of benzene rings is 1. The standard InChI is InChI=1S/C18H21N3O3S/c1-12-9-16(21-24-12)20-18(23)11-25-10-17(22)19-15-8-4-6-13-5-2-3-7-14(13)15/h2-3,5,7,9,15H,4,6,8,10-11H2,1H3,(H,19,22)(H,20,21,23)/t15-/m1/s1. The summed E-state index contributed by atoms with van der Waals surface area (Å²) in [4.78, 5) is 24.0. The molecule has 1 aromatic carbocycles. The van der Waals surface area contributed by atoms with E-state index in [1.807, 2.05) is 12.1 Å². The number of nitrogens with zero attached hydrogens (tertiary/aromatic N) is 1. The van der Waals surface area contributed by atoms with Crippen LogP contribution in [0.2, 0.25) is 0 Å². The van der Waals surface area contributed by atoms with Gasteiger partial charge in [-0.15, -0.1) is 11.8 Å².